The molecule has 13 heavy (non-hydrogen) atoms. The number of nitrogens with zero attached hydrogens (tertiary/aromatic N) is 1. The minimum Gasteiger partial charge on any atom is -0.326 e. The van der Waals surface area contributed by atoms with Crippen molar-refractivity contribution in [1.82, 2.24) is 4.98 Å². The molecule has 0 spiro atoms. The van der Waals surface area contributed by atoms with Crippen LogP contribution in [0.4, 0.5) is 13.2 Å². The maximum absolute atomic E-state index is 13.1. The average Bonchev–Trinajstić information content (AvgIpc) is 2.09. The fraction of sp³-hybridized carbons (Fsp3) is 0.286. The van der Waals surface area contributed by atoms with Gasteiger partial charge in [-0.15, -0.1) is 0 Å². The predicted octanol–water partition coefficient (Wildman–Crippen LogP) is 2.38. The fourth-order valence-corrected chi connectivity index (χ4v) is 1.34. The Morgan fingerprint density at radius 3 is 2.62 bits per heavy atom. The van der Waals surface area contributed by atoms with Crippen molar-refractivity contribution in [2.24, 2.45) is 5.73 Å². The zero-order valence-electron chi connectivity index (χ0n) is 6.40. The number of rotatable bonds is 2. The molecule has 2 N–H and O–H groups in total. The third-order valence-electron chi connectivity index (χ3n) is 1.49. The van der Waals surface area contributed by atoms with Gasteiger partial charge in [0.15, 0.2) is 0 Å². The van der Waals surface area contributed by atoms with E-state index in [-0.39, 0.29) is 16.6 Å². The van der Waals surface area contributed by atoms with Gasteiger partial charge < -0.3 is 5.73 Å². The molecule has 1 heterocycles. The average molecular weight is 255 g/mol. The lowest BCUT2D eigenvalue weighted by Gasteiger charge is -2.05. The van der Waals surface area contributed by atoms with Crippen molar-refractivity contribution in [3.8, 4) is 0 Å². The summed E-state index contributed by atoms with van der Waals surface area (Å²) in [5, 5.41) is 0. The highest BCUT2D eigenvalue weighted by atomic mass is 79.9. The highest BCUT2D eigenvalue weighted by Crippen LogP contribution is 2.28. The third-order valence-corrected chi connectivity index (χ3v) is 2.24. The normalized spacial score (nSPS) is 10.9. The summed E-state index contributed by atoms with van der Waals surface area (Å²) < 4.78 is 37.1. The Kier molecular flexibility index (Phi) is 3.27. The number of halogens is 4. The molecule has 1 aromatic heterocycles. The number of pyridine rings is 1. The van der Waals surface area contributed by atoms with Crippen LogP contribution >= 0.6 is 15.9 Å². The number of aromatic nitrogens is 1. The molecule has 2 nitrogen and oxygen atoms in total. The van der Waals surface area contributed by atoms with E-state index in [1.165, 1.54) is 0 Å². The molecule has 0 aliphatic heterocycles. The third kappa shape index (κ3) is 2.00. The zero-order valence-corrected chi connectivity index (χ0v) is 7.98. The molecule has 0 saturated heterocycles. The second kappa shape index (κ2) is 4.06. The van der Waals surface area contributed by atoms with Crippen LogP contribution in [-0.2, 0) is 6.54 Å². The van der Waals surface area contributed by atoms with E-state index < -0.39 is 17.9 Å². The van der Waals surface area contributed by atoms with E-state index in [1.807, 2.05) is 0 Å². The smallest absolute Gasteiger partial charge is 0.281 e. The highest BCUT2D eigenvalue weighted by molar-refractivity contribution is 9.10. The van der Waals surface area contributed by atoms with E-state index in [4.69, 9.17) is 5.73 Å². The van der Waals surface area contributed by atoms with Gasteiger partial charge in [-0.25, -0.2) is 13.2 Å². The summed E-state index contributed by atoms with van der Waals surface area (Å²) in [5.74, 6) is -0.771. The van der Waals surface area contributed by atoms with E-state index in [0.717, 1.165) is 6.20 Å². The molecule has 1 aromatic rings. The summed E-state index contributed by atoms with van der Waals surface area (Å²) in [6.45, 7) is -0.0685. The maximum Gasteiger partial charge on any atom is 0.281 e. The number of hydrogen-bond donors (Lipinski definition) is 1. The van der Waals surface area contributed by atoms with Gasteiger partial charge >= 0.3 is 0 Å². The van der Waals surface area contributed by atoms with Gasteiger partial charge in [-0.2, -0.15) is 0 Å². The predicted molar refractivity (Wildman–Crippen MR) is 44.7 cm³/mol. The Morgan fingerprint density at radius 2 is 2.15 bits per heavy atom. The van der Waals surface area contributed by atoms with Gasteiger partial charge in [0.2, 0.25) is 0 Å². The van der Waals surface area contributed by atoms with E-state index >= 15 is 0 Å². The molecule has 0 bridgehead atoms. The van der Waals surface area contributed by atoms with Crippen molar-refractivity contribution in [3.05, 3.63) is 27.7 Å². The molecule has 0 aromatic carbocycles. The van der Waals surface area contributed by atoms with Crippen molar-refractivity contribution in [2.75, 3.05) is 0 Å². The number of nitrogens with two attached hydrogens (primary N) is 1. The molecule has 72 valence electrons. The van der Waals surface area contributed by atoms with Crippen molar-refractivity contribution in [3.63, 3.8) is 0 Å². The molecule has 1 rings (SSSR count). The van der Waals surface area contributed by atoms with Crippen LogP contribution in [0.1, 0.15) is 17.7 Å². The molecule has 0 atom stereocenters. The van der Waals surface area contributed by atoms with Crippen molar-refractivity contribution in [1.29, 1.82) is 0 Å². The highest BCUT2D eigenvalue weighted by Gasteiger charge is 2.18. The second-order valence-corrected chi connectivity index (χ2v) is 3.09. The monoisotopic (exact) mass is 254 g/mol. The van der Waals surface area contributed by atoms with Crippen molar-refractivity contribution >= 4 is 15.9 Å². The van der Waals surface area contributed by atoms with Crippen LogP contribution in [0.2, 0.25) is 0 Å². The summed E-state index contributed by atoms with van der Waals surface area (Å²) in [6.07, 6.45) is -1.78. The van der Waals surface area contributed by atoms with Gasteiger partial charge in [0.25, 0.3) is 6.43 Å². The topological polar surface area (TPSA) is 38.9 Å². The van der Waals surface area contributed by atoms with Crippen LogP contribution < -0.4 is 5.73 Å². The van der Waals surface area contributed by atoms with E-state index in [1.54, 1.807) is 0 Å². The van der Waals surface area contributed by atoms with Gasteiger partial charge in [0.1, 0.15) is 11.5 Å². The van der Waals surface area contributed by atoms with Gasteiger partial charge in [0.05, 0.1) is 4.47 Å². The van der Waals surface area contributed by atoms with Crippen LogP contribution in [0.5, 0.6) is 0 Å². The van der Waals surface area contributed by atoms with Crippen LogP contribution in [0.25, 0.3) is 0 Å². The van der Waals surface area contributed by atoms with Gasteiger partial charge in [0, 0.05) is 18.3 Å². The lowest BCUT2D eigenvalue weighted by atomic mass is 10.2. The fourth-order valence-electron chi connectivity index (χ4n) is 0.809. The van der Waals surface area contributed by atoms with Crippen LogP contribution in [-0.4, -0.2) is 4.98 Å². The quantitative estimate of drug-likeness (QED) is 0.881. The molecule has 0 saturated carbocycles. The SMILES string of the molecule is NCc1cnc(C(F)F)c(Br)c1F. The van der Waals surface area contributed by atoms with E-state index in [0.29, 0.717) is 0 Å². The summed E-state index contributed by atoms with van der Waals surface area (Å²) >= 11 is 2.70. The second-order valence-electron chi connectivity index (χ2n) is 2.30. The molecular formula is C7H6BrF3N2. The molecule has 0 aliphatic rings. The van der Waals surface area contributed by atoms with Crippen LogP contribution in [0.15, 0.2) is 10.7 Å². The Bertz CT molecular complexity index is 317. The Morgan fingerprint density at radius 1 is 1.54 bits per heavy atom. The summed E-state index contributed by atoms with van der Waals surface area (Å²) in [7, 11) is 0. The lowest BCUT2D eigenvalue weighted by Crippen LogP contribution is -2.04. The van der Waals surface area contributed by atoms with Crippen LogP contribution in [0.3, 0.4) is 0 Å². The standard InChI is InChI=1S/C7H6BrF3N2/c8-4-5(9)3(1-12)2-13-6(4)7(10)11/h2,7H,1,12H2. The minimum atomic E-state index is -2.80. The van der Waals surface area contributed by atoms with Crippen molar-refractivity contribution in [2.45, 2.75) is 13.0 Å². The Hall–Kier alpha value is -0.620. The molecule has 0 radical (unpaired) electrons. The van der Waals surface area contributed by atoms with E-state index in [2.05, 4.69) is 20.9 Å². The Balaban J connectivity index is 3.23. The number of alkyl halides is 2. The first-order chi connectivity index (χ1) is 6.07. The molecule has 0 fully saturated rings. The summed E-state index contributed by atoms with van der Waals surface area (Å²) in [4.78, 5) is 3.39. The Labute approximate surface area is 81.1 Å². The van der Waals surface area contributed by atoms with E-state index in [9.17, 15) is 13.2 Å². The zero-order chi connectivity index (χ0) is 10.0. The molecule has 0 aliphatic carbocycles. The summed E-state index contributed by atoms with van der Waals surface area (Å²) in [5.41, 5.74) is 4.66. The number of hydrogen-bond acceptors (Lipinski definition) is 2. The maximum atomic E-state index is 13.1. The first-order valence-electron chi connectivity index (χ1n) is 3.39. The van der Waals surface area contributed by atoms with Gasteiger partial charge in [-0.1, -0.05) is 0 Å². The van der Waals surface area contributed by atoms with Crippen molar-refractivity contribution < 1.29 is 13.2 Å². The molecule has 0 unspecified atom stereocenters. The molecule has 6 heteroatoms. The summed E-state index contributed by atoms with van der Waals surface area (Å²) in [6, 6.07) is 0. The molecule has 0 amide bonds. The largest absolute Gasteiger partial charge is 0.326 e. The minimum absolute atomic E-state index is 0.0685. The van der Waals surface area contributed by atoms with Gasteiger partial charge in [-0.05, 0) is 15.9 Å². The molecular weight excluding hydrogens is 249 g/mol. The first-order valence-corrected chi connectivity index (χ1v) is 4.18. The first kappa shape index (κ1) is 10.5. The lowest BCUT2D eigenvalue weighted by molar-refractivity contribution is 0.144. The van der Waals surface area contributed by atoms with Gasteiger partial charge in [-0.3, -0.25) is 4.98 Å². The van der Waals surface area contributed by atoms with Crippen LogP contribution in [0, 0.1) is 5.82 Å².